The zero-order valence-electron chi connectivity index (χ0n) is 16.3. The van der Waals surface area contributed by atoms with Gasteiger partial charge in [-0.1, -0.05) is 13.0 Å². The van der Waals surface area contributed by atoms with Gasteiger partial charge in [-0.3, -0.25) is 4.79 Å². The van der Waals surface area contributed by atoms with Crippen molar-refractivity contribution in [1.82, 2.24) is 4.90 Å². The molecule has 1 aliphatic rings. The summed E-state index contributed by atoms with van der Waals surface area (Å²) >= 11 is 3.27. The fourth-order valence-electron chi connectivity index (χ4n) is 3.81. The molecule has 0 radical (unpaired) electrons. The zero-order valence-corrected chi connectivity index (χ0v) is 18.7. The number of benzene rings is 1. The fourth-order valence-corrected chi connectivity index (χ4v) is 5.89. The predicted octanol–water partition coefficient (Wildman–Crippen LogP) is 4.49. The number of halogens is 1. The van der Waals surface area contributed by atoms with Gasteiger partial charge in [0.1, 0.15) is 11.3 Å². The van der Waals surface area contributed by atoms with Crippen molar-refractivity contribution in [2.24, 2.45) is 0 Å². The summed E-state index contributed by atoms with van der Waals surface area (Å²) in [5.41, 5.74) is 2.59. The van der Waals surface area contributed by atoms with Gasteiger partial charge in [-0.05, 0) is 65.5 Å². The van der Waals surface area contributed by atoms with Crippen molar-refractivity contribution in [3.8, 4) is 0 Å². The second-order valence-corrected chi connectivity index (χ2v) is 10.4. The topological polar surface area (TPSA) is 80.7 Å². The Morgan fingerprint density at radius 2 is 2.03 bits per heavy atom. The van der Waals surface area contributed by atoms with Gasteiger partial charge in [-0.25, -0.2) is 8.42 Å². The molecule has 1 atom stereocenters. The number of furan rings is 2. The molecule has 29 heavy (non-hydrogen) atoms. The fraction of sp³-hybridized carbons (Fsp3) is 0.381. The van der Waals surface area contributed by atoms with E-state index in [-0.39, 0.29) is 29.7 Å². The normalized spacial score (nSPS) is 18.4. The van der Waals surface area contributed by atoms with E-state index in [0.29, 0.717) is 22.4 Å². The van der Waals surface area contributed by atoms with Crippen LogP contribution in [0, 0.1) is 6.92 Å². The van der Waals surface area contributed by atoms with Crippen LogP contribution < -0.4 is 0 Å². The van der Waals surface area contributed by atoms with E-state index in [2.05, 4.69) is 22.9 Å². The molecule has 4 rings (SSSR count). The maximum atomic E-state index is 13.5. The number of amides is 1. The van der Waals surface area contributed by atoms with E-state index in [0.717, 1.165) is 17.4 Å². The van der Waals surface area contributed by atoms with E-state index in [9.17, 15) is 13.2 Å². The first-order valence-electron chi connectivity index (χ1n) is 9.55. The molecule has 0 spiro atoms. The minimum atomic E-state index is -3.15. The van der Waals surface area contributed by atoms with Gasteiger partial charge in [-0.15, -0.1) is 0 Å². The molecule has 0 aliphatic carbocycles. The number of nitrogens with zero attached hydrogens (tertiary/aromatic N) is 1. The Kier molecular flexibility index (Phi) is 5.33. The molecule has 0 saturated carbocycles. The minimum absolute atomic E-state index is 0.0418. The predicted molar refractivity (Wildman–Crippen MR) is 114 cm³/mol. The van der Waals surface area contributed by atoms with Crippen molar-refractivity contribution in [1.29, 1.82) is 0 Å². The van der Waals surface area contributed by atoms with Crippen LogP contribution in [-0.2, 0) is 22.8 Å². The molecular weight excluding hydrogens is 458 g/mol. The van der Waals surface area contributed by atoms with Crippen molar-refractivity contribution in [2.75, 3.05) is 11.5 Å². The zero-order chi connectivity index (χ0) is 20.8. The van der Waals surface area contributed by atoms with Crippen LogP contribution in [-0.4, -0.2) is 36.8 Å². The first kappa shape index (κ1) is 20.2. The highest BCUT2D eigenvalue weighted by Gasteiger charge is 2.37. The van der Waals surface area contributed by atoms with Crippen LogP contribution in [0.2, 0.25) is 0 Å². The minimum Gasteiger partial charge on any atom is -0.452 e. The lowest BCUT2D eigenvalue weighted by Crippen LogP contribution is -2.40. The van der Waals surface area contributed by atoms with Gasteiger partial charge in [0.05, 0.1) is 18.1 Å². The maximum absolute atomic E-state index is 13.5. The lowest BCUT2D eigenvalue weighted by molar-refractivity contribution is 0.0634. The van der Waals surface area contributed by atoms with Crippen LogP contribution in [0.25, 0.3) is 11.0 Å². The summed E-state index contributed by atoms with van der Waals surface area (Å²) in [6.45, 7) is 4.12. The number of carbonyl (C=O) groups is 1. The number of sulfone groups is 1. The average molecular weight is 480 g/mol. The second-order valence-electron chi connectivity index (χ2n) is 7.44. The molecule has 8 heteroatoms. The molecule has 0 unspecified atom stereocenters. The maximum Gasteiger partial charge on any atom is 0.290 e. The summed E-state index contributed by atoms with van der Waals surface area (Å²) < 4.78 is 36.1. The molecule has 2 aromatic heterocycles. The van der Waals surface area contributed by atoms with Crippen LogP contribution >= 0.6 is 15.9 Å². The van der Waals surface area contributed by atoms with E-state index in [1.54, 1.807) is 17.0 Å². The number of rotatable bonds is 5. The molecular formula is C21H22BrNO5S. The van der Waals surface area contributed by atoms with E-state index in [1.165, 1.54) is 5.56 Å². The Balaban J connectivity index is 1.72. The smallest absolute Gasteiger partial charge is 0.290 e. The van der Waals surface area contributed by atoms with Gasteiger partial charge in [0.25, 0.3) is 5.91 Å². The number of hydrogen-bond acceptors (Lipinski definition) is 5. The Morgan fingerprint density at radius 1 is 1.24 bits per heavy atom. The lowest BCUT2D eigenvalue weighted by Gasteiger charge is -2.26. The van der Waals surface area contributed by atoms with E-state index in [1.807, 2.05) is 25.1 Å². The van der Waals surface area contributed by atoms with Crippen LogP contribution in [0.15, 0.2) is 43.8 Å². The molecule has 0 bridgehead atoms. The Bertz CT molecular complexity index is 1180. The van der Waals surface area contributed by atoms with Gasteiger partial charge < -0.3 is 13.7 Å². The van der Waals surface area contributed by atoms with Crippen molar-refractivity contribution in [3.63, 3.8) is 0 Å². The summed E-state index contributed by atoms with van der Waals surface area (Å²) in [7, 11) is -3.15. The molecule has 3 aromatic rings. The van der Waals surface area contributed by atoms with Gasteiger partial charge >= 0.3 is 0 Å². The Morgan fingerprint density at radius 3 is 2.66 bits per heavy atom. The van der Waals surface area contributed by atoms with Crippen molar-refractivity contribution >= 4 is 42.6 Å². The monoisotopic (exact) mass is 479 g/mol. The second kappa shape index (κ2) is 7.65. The highest BCUT2D eigenvalue weighted by atomic mass is 79.9. The standard InChI is InChI=1S/C21H22BrNO5S/c1-3-14-4-6-18-17(10-14)13(2)20(28-18)21(24)23(11-16-5-7-19(22)27-16)15-8-9-29(25,26)12-15/h4-7,10,15H,3,8-9,11-12H2,1-2H3/t15-/m0/s1. The van der Waals surface area contributed by atoms with Crippen molar-refractivity contribution < 1.29 is 22.0 Å². The van der Waals surface area contributed by atoms with Gasteiger partial charge in [0.15, 0.2) is 20.3 Å². The van der Waals surface area contributed by atoms with Crippen LogP contribution in [0.1, 0.15) is 40.8 Å². The highest BCUT2D eigenvalue weighted by Crippen LogP contribution is 2.30. The first-order chi connectivity index (χ1) is 13.8. The lowest BCUT2D eigenvalue weighted by atomic mass is 10.1. The summed E-state index contributed by atoms with van der Waals surface area (Å²) in [4.78, 5) is 15.1. The summed E-state index contributed by atoms with van der Waals surface area (Å²) in [5, 5.41) is 0.910. The van der Waals surface area contributed by atoms with Gasteiger partial charge in [0.2, 0.25) is 0 Å². The summed E-state index contributed by atoms with van der Waals surface area (Å²) in [6, 6.07) is 9.02. The number of aryl methyl sites for hydroxylation is 2. The summed E-state index contributed by atoms with van der Waals surface area (Å²) in [6.07, 6.45) is 1.30. The summed E-state index contributed by atoms with van der Waals surface area (Å²) in [5.74, 6) is 0.563. The molecule has 1 aliphatic heterocycles. The van der Waals surface area contributed by atoms with Gasteiger partial charge in [0, 0.05) is 17.0 Å². The third kappa shape index (κ3) is 4.00. The Hall–Kier alpha value is -2.06. The molecule has 1 amide bonds. The molecule has 154 valence electrons. The molecule has 0 N–H and O–H groups in total. The largest absolute Gasteiger partial charge is 0.452 e. The number of hydrogen-bond donors (Lipinski definition) is 0. The van der Waals surface area contributed by atoms with Crippen LogP contribution in [0.5, 0.6) is 0 Å². The van der Waals surface area contributed by atoms with E-state index in [4.69, 9.17) is 8.83 Å². The molecule has 3 heterocycles. The highest BCUT2D eigenvalue weighted by molar-refractivity contribution is 9.10. The average Bonchev–Trinajstić information content (AvgIpc) is 3.36. The van der Waals surface area contributed by atoms with Crippen LogP contribution in [0.3, 0.4) is 0 Å². The number of fused-ring (bicyclic) bond motifs is 1. The quantitative estimate of drug-likeness (QED) is 0.538. The molecule has 1 saturated heterocycles. The van der Waals surface area contributed by atoms with E-state index < -0.39 is 15.9 Å². The molecule has 6 nitrogen and oxygen atoms in total. The SMILES string of the molecule is CCc1ccc2oc(C(=O)N(Cc3ccc(Br)o3)[C@H]3CCS(=O)(=O)C3)c(C)c2c1. The molecule has 1 fully saturated rings. The van der Waals surface area contributed by atoms with E-state index >= 15 is 0 Å². The van der Waals surface area contributed by atoms with Gasteiger partial charge in [-0.2, -0.15) is 0 Å². The molecule has 1 aromatic carbocycles. The van der Waals surface area contributed by atoms with Crippen molar-refractivity contribution in [2.45, 2.75) is 39.3 Å². The van der Waals surface area contributed by atoms with Crippen LogP contribution in [0.4, 0.5) is 0 Å². The third-order valence-corrected chi connectivity index (χ3v) is 7.64. The Labute approximate surface area is 177 Å². The van der Waals surface area contributed by atoms with Crippen molar-refractivity contribution in [3.05, 3.63) is 57.6 Å². The first-order valence-corrected chi connectivity index (χ1v) is 12.2. The third-order valence-electron chi connectivity index (χ3n) is 5.47. The number of carbonyl (C=O) groups excluding carboxylic acids is 1.